The fourth-order valence-electron chi connectivity index (χ4n) is 0.924. The number of amides is 1. The second kappa shape index (κ2) is 5.59. The van der Waals surface area contributed by atoms with Gasteiger partial charge in [-0.15, -0.1) is 0 Å². The summed E-state index contributed by atoms with van der Waals surface area (Å²) < 4.78 is 0. The van der Waals surface area contributed by atoms with Crippen molar-refractivity contribution in [1.82, 2.24) is 4.90 Å². The van der Waals surface area contributed by atoms with Crippen LogP contribution in [0.1, 0.15) is 26.7 Å². The van der Waals surface area contributed by atoms with Crippen molar-refractivity contribution in [2.75, 3.05) is 13.6 Å². The van der Waals surface area contributed by atoms with Crippen molar-refractivity contribution in [3.63, 3.8) is 0 Å². The van der Waals surface area contributed by atoms with Crippen molar-refractivity contribution < 1.29 is 4.79 Å². The van der Waals surface area contributed by atoms with E-state index in [0.29, 0.717) is 6.42 Å². The Morgan fingerprint density at radius 1 is 1.67 bits per heavy atom. The van der Waals surface area contributed by atoms with E-state index in [4.69, 9.17) is 5.26 Å². The van der Waals surface area contributed by atoms with E-state index in [2.05, 4.69) is 0 Å². The molecular weight excluding hydrogens is 152 g/mol. The monoisotopic (exact) mass is 168 g/mol. The summed E-state index contributed by atoms with van der Waals surface area (Å²) in [4.78, 5) is 13.0. The van der Waals surface area contributed by atoms with Crippen LogP contribution in [-0.2, 0) is 4.79 Å². The molecule has 0 fully saturated rings. The van der Waals surface area contributed by atoms with Crippen LogP contribution in [0.25, 0.3) is 0 Å². The van der Waals surface area contributed by atoms with Crippen molar-refractivity contribution in [1.29, 1.82) is 5.26 Å². The summed E-state index contributed by atoms with van der Waals surface area (Å²) in [5.41, 5.74) is 0. The Kier molecular flexibility index (Phi) is 5.11. The fraction of sp³-hybridized carbons (Fsp3) is 0.778. The molecule has 3 heteroatoms. The van der Waals surface area contributed by atoms with Crippen LogP contribution in [0.3, 0.4) is 0 Å². The predicted molar refractivity (Wildman–Crippen MR) is 47.3 cm³/mol. The number of nitriles is 1. The average molecular weight is 168 g/mol. The molecule has 0 aromatic carbocycles. The number of carbonyl (C=O) groups is 1. The van der Waals surface area contributed by atoms with Gasteiger partial charge >= 0.3 is 0 Å². The standard InChI is InChI=1S/C9H16N2O/c1-4-5-11(3)9(12)6-8(2)7-10/h8H,4-6H2,1-3H3/t8-/m1/s1. The first-order valence-electron chi connectivity index (χ1n) is 4.25. The molecule has 0 saturated heterocycles. The zero-order chi connectivity index (χ0) is 9.56. The van der Waals surface area contributed by atoms with Gasteiger partial charge in [0.2, 0.25) is 5.91 Å². The molecule has 0 radical (unpaired) electrons. The number of rotatable bonds is 4. The lowest BCUT2D eigenvalue weighted by Crippen LogP contribution is -2.28. The summed E-state index contributed by atoms with van der Waals surface area (Å²) in [5.74, 6) is -0.109. The van der Waals surface area contributed by atoms with Crippen LogP contribution in [0.4, 0.5) is 0 Å². The maximum absolute atomic E-state index is 11.3. The van der Waals surface area contributed by atoms with Crippen LogP contribution in [0, 0.1) is 17.2 Å². The third-order valence-electron chi connectivity index (χ3n) is 1.69. The van der Waals surface area contributed by atoms with Gasteiger partial charge in [0.25, 0.3) is 0 Å². The van der Waals surface area contributed by atoms with Gasteiger partial charge < -0.3 is 4.90 Å². The molecule has 0 bridgehead atoms. The van der Waals surface area contributed by atoms with Gasteiger partial charge in [0.05, 0.1) is 12.0 Å². The lowest BCUT2D eigenvalue weighted by Gasteiger charge is -2.16. The van der Waals surface area contributed by atoms with E-state index in [9.17, 15) is 4.79 Å². The predicted octanol–water partition coefficient (Wildman–Crippen LogP) is 1.40. The van der Waals surface area contributed by atoms with Crippen molar-refractivity contribution in [2.24, 2.45) is 5.92 Å². The SMILES string of the molecule is CCCN(C)C(=O)C[C@@H](C)C#N. The normalized spacial score (nSPS) is 11.8. The molecule has 0 aliphatic carbocycles. The molecule has 0 rings (SSSR count). The van der Waals surface area contributed by atoms with Gasteiger partial charge in [-0.1, -0.05) is 6.92 Å². The maximum Gasteiger partial charge on any atom is 0.223 e. The summed E-state index contributed by atoms with van der Waals surface area (Å²) in [7, 11) is 1.77. The molecule has 68 valence electrons. The zero-order valence-electron chi connectivity index (χ0n) is 8.00. The molecule has 0 aliphatic heterocycles. The van der Waals surface area contributed by atoms with Gasteiger partial charge in [0, 0.05) is 20.0 Å². The molecule has 0 heterocycles. The highest BCUT2D eigenvalue weighted by Crippen LogP contribution is 2.02. The Bertz CT molecular complexity index is 183. The minimum Gasteiger partial charge on any atom is -0.346 e. The highest BCUT2D eigenvalue weighted by atomic mass is 16.2. The Morgan fingerprint density at radius 3 is 2.67 bits per heavy atom. The van der Waals surface area contributed by atoms with Crippen LogP contribution in [0.5, 0.6) is 0 Å². The third-order valence-corrected chi connectivity index (χ3v) is 1.69. The van der Waals surface area contributed by atoms with Gasteiger partial charge in [-0.2, -0.15) is 5.26 Å². The van der Waals surface area contributed by atoms with Crippen molar-refractivity contribution in [2.45, 2.75) is 26.7 Å². The summed E-state index contributed by atoms with van der Waals surface area (Å²) in [5, 5.41) is 8.47. The Labute approximate surface area is 74.0 Å². The van der Waals surface area contributed by atoms with Gasteiger partial charge in [-0.05, 0) is 13.3 Å². The molecule has 1 amide bonds. The number of carbonyl (C=O) groups excluding carboxylic acids is 1. The molecule has 0 spiro atoms. The smallest absolute Gasteiger partial charge is 0.223 e. The quantitative estimate of drug-likeness (QED) is 0.637. The zero-order valence-corrected chi connectivity index (χ0v) is 8.00. The van der Waals surface area contributed by atoms with Gasteiger partial charge in [-0.3, -0.25) is 4.79 Å². The van der Waals surface area contributed by atoms with E-state index < -0.39 is 0 Å². The molecule has 3 nitrogen and oxygen atoms in total. The molecule has 0 aromatic heterocycles. The highest BCUT2D eigenvalue weighted by molar-refractivity contribution is 5.76. The minimum absolute atomic E-state index is 0.0610. The Hall–Kier alpha value is -1.04. The lowest BCUT2D eigenvalue weighted by atomic mass is 10.1. The number of hydrogen-bond donors (Lipinski definition) is 0. The molecule has 0 aromatic rings. The van der Waals surface area contributed by atoms with E-state index in [-0.39, 0.29) is 11.8 Å². The van der Waals surface area contributed by atoms with Gasteiger partial charge in [-0.25, -0.2) is 0 Å². The number of hydrogen-bond acceptors (Lipinski definition) is 2. The van der Waals surface area contributed by atoms with Crippen molar-refractivity contribution in [3.8, 4) is 6.07 Å². The van der Waals surface area contributed by atoms with Crippen LogP contribution in [0.2, 0.25) is 0 Å². The van der Waals surface area contributed by atoms with Crippen LogP contribution >= 0.6 is 0 Å². The third kappa shape index (κ3) is 3.97. The summed E-state index contributed by atoms with van der Waals surface area (Å²) in [6.07, 6.45) is 1.30. The summed E-state index contributed by atoms with van der Waals surface area (Å²) in [6.45, 7) is 4.56. The van der Waals surface area contributed by atoms with Crippen molar-refractivity contribution in [3.05, 3.63) is 0 Å². The molecular formula is C9H16N2O. The first-order chi connectivity index (χ1) is 5.61. The molecule has 1 atom stereocenters. The molecule has 0 aliphatic rings. The Balaban J connectivity index is 3.80. The van der Waals surface area contributed by atoms with E-state index in [0.717, 1.165) is 13.0 Å². The van der Waals surface area contributed by atoms with E-state index in [1.807, 2.05) is 13.0 Å². The Morgan fingerprint density at radius 2 is 2.25 bits per heavy atom. The maximum atomic E-state index is 11.3. The summed E-state index contributed by atoms with van der Waals surface area (Å²) in [6, 6.07) is 2.05. The van der Waals surface area contributed by atoms with E-state index in [1.165, 1.54) is 0 Å². The van der Waals surface area contributed by atoms with Crippen LogP contribution in [0.15, 0.2) is 0 Å². The van der Waals surface area contributed by atoms with Crippen LogP contribution in [-0.4, -0.2) is 24.4 Å². The second-order valence-electron chi connectivity index (χ2n) is 3.05. The summed E-state index contributed by atoms with van der Waals surface area (Å²) >= 11 is 0. The molecule has 12 heavy (non-hydrogen) atoms. The molecule has 0 unspecified atom stereocenters. The first kappa shape index (κ1) is 11.0. The minimum atomic E-state index is -0.170. The topological polar surface area (TPSA) is 44.1 Å². The van der Waals surface area contributed by atoms with E-state index in [1.54, 1.807) is 18.9 Å². The van der Waals surface area contributed by atoms with E-state index >= 15 is 0 Å². The van der Waals surface area contributed by atoms with Crippen LogP contribution < -0.4 is 0 Å². The molecule has 0 N–H and O–H groups in total. The van der Waals surface area contributed by atoms with Gasteiger partial charge in [0.15, 0.2) is 0 Å². The van der Waals surface area contributed by atoms with Crippen molar-refractivity contribution >= 4 is 5.91 Å². The second-order valence-corrected chi connectivity index (χ2v) is 3.05. The largest absolute Gasteiger partial charge is 0.346 e. The number of nitrogens with zero attached hydrogens (tertiary/aromatic N) is 2. The molecule has 0 saturated carbocycles. The average Bonchev–Trinajstić information content (AvgIpc) is 2.04. The lowest BCUT2D eigenvalue weighted by molar-refractivity contribution is -0.130. The fourth-order valence-corrected chi connectivity index (χ4v) is 0.924. The highest BCUT2D eigenvalue weighted by Gasteiger charge is 2.11. The first-order valence-corrected chi connectivity index (χ1v) is 4.25. The van der Waals surface area contributed by atoms with Gasteiger partial charge in [0.1, 0.15) is 0 Å².